The molecule has 2 aromatic heterocycles. The fourth-order valence-corrected chi connectivity index (χ4v) is 3.03. The fourth-order valence-electron chi connectivity index (χ4n) is 2.26. The van der Waals surface area contributed by atoms with Crippen LogP contribution in [0.25, 0.3) is 10.2 Å². The highest BCUT2D eigenvalue weighted by atomic mass is 32.1. The van der Waals surface area contributed by atoms with Crippen LogP contribution in [0.4, 0.5) is 11.8 Å². The van der Waals surface area contributed by atoms with E-state index in [-0.39, 0.29) is 0 Å². The number of hydrogen-bond donors (Lipinski definition) is 1. The van der Waals surface area contributed by atoms with Gasteiger partial charge in [-0.2, -0.15) is 4.98 Å². The van der Waals surface area contributed by atoms with E-state index in [9.17, 15) is 0 Å². The second kappa shape index (κ2) is 5.09. The van der Waals surface area contributed by atoms with E-state index in [0.717, 1.165) is 22.6 Å². The normalized spacial score (nSPS) is 10.9. The van der Waals surface area contributed by atoms with Crippen LogP contribution < -0.4 is 10.6 Å². The first-order chi connectivity index (χ1) is 9.65. The minimum absolute atomic E-state index is 0.326. The van der Waals surface area contributed by atoms with Crippen molar-refractivity contribution >= 4 is 33.3 Å². The lowest BCUT2D eigenvalue weighted by atomic mass is 10.1. The molecule has 3 rings (SSSR count). The standard InChI is InChI=1S/C15H16N4S/c1-10-5-3-4-6-11(10)9-19(2)13-12-7-8-20-14(12)18-15(16)17-13/h3-8H,9H2,1-2H3,(H2,16,17,18). The topological polar surface area (TPSA) is 55.0 Å². The molecule has 0 bridgehead atoms. The zero-order valence-electron chi connectivity index (χ0n) is 11.5. The molecule has 20 heavy (non-hydrogen) atoms. The van der Waals surface area contributed by atoms with Gasteiger partial charge in [0.2, 0.25) is 5.95 Å². The number of aromatic nitrogens is 2. The van der Waals surface area contributed by atoms with E-state index in [0.29, 0.717) is 5.95 Å². The Bertz CT molecular complexity index is 750. The number of nitrogens with two attached hydrogens (primary N) is 1. The number of rotatable bonds is 3. The molecule has 0 unspecified atom stereocenters. The van der Waals surface area contributed by atoms with E-state index in [4.69, 9.17) is 5.73 Å². The summed E-state index contributed by atoms with van der Waals surface area (Å²) in [6.07, 6.45) is 0. The van der Waals surface area contributed by atoms with Gasteiger partial charge < -0.3 is 10.6 Å². The molecule has 0 radical (unpaired) electrons. The van der Waals surface area contributed by atoms with Crippen LogP contribution in [0.15, 0.2) is 35.7 Å². The Morgan fingerprint density at radius 3 is 2.80 bits per heavy atom. The molecular weight excluding hydrogens is 268 g/mol. The molecule has 2 N–H and O–H groups in total. The third-order valence-electron chi connectivity index (χ3n) is 3.35. The van der Waals surface area contributed by atoms with Crippen LogP contribution in [-0.2, 0) is 6.54 Å². The average Bonchev–Trinajstić information content (AvgIpc) is 2.88. The maximum absolute atomic E-state index is 5.80. The number of anilines is 2. The molecule has 0 aliphatic rings. The number of thiophene rings is 1. The Hall–Kier alpha value is -2.14. The summed E-state index contributed by atoms with van der Waals surface area (Å²) in [6.45, 7) is 2.92. The van der Waals surface area contributed by atoms with Gasteiger partial charge in [-0.1, -0.05) is 24.3 Å². The van der Waals surface area contributed by atoms with Crippen molar-refractivity contribution in [2.45, 2.75) is 13.5 Å². The van der Waals surface area contributed by atoms with E-state index >= 15 is 0 Å². The zero-order valence-corrected chi connectivity index (χ0v) is 12.3. The highest BCUT2D eigenvalue weighted by molar-refractivity contribution is 7.16. The van der Waals surface area contributed by atoms with E-state index in [1.807, 2.05) is 18.5 Å². The van der Waals surface area contributed by atoms with Gasteiger partial charge in [0, 0.05) is 13.6 Å². The van der Waals surface area contributed by atoms with Crippen molar-refractivity contribution in [3.05, 3.63) is 46.8 Å². The molecule has 0 fully saturated rings. The van der Waals surface area contributed by atoms with Crippen LogP contribution in [0, 0.1) is 6.92 Å². The summed E-state index contributed by atoms with van der Waals surface area (Å²) in [5, 5.41) is 3.07. The van der Waals surface area contributed by atoms with Gasteiger partial charge in [0.1, 0.15) is 10.6 Å². The van der Waals surface area contributed by atoms with Crippen LogP contribution in [0.1, 0.15) is 11.1 Å². The summed E-state index contributed by atoms with van der Waals surface area (Å²) >= 11 is 1.58. The average molecular weight is 284 g/mol. The van der Waals surface area contributed by atoms with Gasteiger partial charge in [-0.3, -0.25) is 0 Å². The fraction of sp³-hybridized carbons (Fsp3) is 0.200. The van der Waals surface area contributed by atoms with Crippen LogP contribution >= 0.6 is 11.3 Å². The predicted molar refractivity (Wildman–Crippen MR) is 85.1 cm³/mol. The summed E-state index contributed by atoms with van der Waals surface area (Å²) in [6, 6.07) is 10.4. The number of aryl methyl sites for hydroxylation is 1. The Labute approximate surface area is 121 Å². The monoisotopic (exact) mass is 284 g/mol. The molecule has 3 aromatic rings. The molecule has 0 aliphatic heterocycles. The van der Waals surface area contributed by atoms with Crippen molar-refractivity contribution in [2.75, 3.05) is 17.7 Å². The lowest BCUT2D eigenvalue weighted by molar-refractivity contribution is 0.895. The first-order valence-electron chi connectivity index (χ1n) is 6.41. The molecule has 102 valence electrons. The molecule has 0 spiro atoms. The molecule has 2 heterocycles. The van der Waals surface area contributed by atoms with Crippen molar-refractivity contribution in [1.29, 1.82) is 0 Å². The van der Waals surface area contributed by atoms with Crippen molar-refractivity contribution in [3.8, 4) is 0 Å². The third-order valence-corrected chi connectivity index (χ3v) is 4.16. The molecule has 0 amide bonds. The number of nitrogens with zero attached hydrogens (tertiary/aromatic N) is 3. The minimum Gasteiger partial charge on any atom is -0.368 e. The van der Waals surface area contributed by atoms with Gasteiger partial charge in [0.15, 0.2) is 0 Å². The van der Waals surface area contributed by atoms with Crippen LogP contribution in [0.5, 0.6) is 0 Å². The SMILES string of the molecule is Cc1ccccc1CN(C)c1nc(N)nc2sccc12. The number of hydrogen-bond acceptors (Lipinski definition) is 5. The lowest BCUT2D eigenvalue weighted by Crippen LogP contribution is -2.19. The van der Waals surface area contributed by atoms with E-state index < -0.39 is 0 Å². The predicted octanol–water partition coefficient (Wildman–Crippen LogP) is 3.22. The molecule has 0 atom stereocenters. The molecule has 0 aliphatic carbocycles. The smallest absolute Gasteiger partial charge is 0.223 e. The van der Waals surface area contributed by atoms with Crippen molar-refractivity contribution in [1.82, 2.24) is 9.97 Å². The first kappa shape index (κ1) is 12.9. The van der Waals surface area contributed by atoms with Crippen LogP contribution in [0.2, 0.25) is 0 Å². The van der Waals surface area contributed by atoms with Crippen LogP contribution in [-0.4, -0.2) is 17.0 Å². The van der Waals surface area contributed by atoms with Crippen LogP contribution in [0.3, 0.4) is 0 Å². The Morgan fingerprint density at radius 2 is 2.00 bits per heavy atom. The quantitative estimate of drug-likeness (QED) is 0.802. The molecule has 1 aromatic carbocycles. The summed E-state index contributed by atoms with van der Waals surface area (Å²) < 4.78 is 0. The number of fused-ring (bicyclic) bond motifs is 1. The highest BCUT2D eigenvalue weighted by Crippen LogP contribution is 2.28. The second-order valence-corrected chi connectivity index (χ2v) is 5.72. The molecular formula is C15H16N4S. The van der Waals surface area contributed by atoms with Crippen molar-refractivity contribution < 1.29 is 0 Å². The number of nitrogen functional groups attached to an aromatic ring is 1. The summed E-state index contributed by atoms with van der Waals surface area (Å²) in [7, 11) is 2.03. The van der Waals surface area contributed by atoms with Crippen molar-refractivity contribution in [2.24, 2.45) is 0 Å². The van der Waals surface area contributed by atoms with Crippen molar-refractivity contribution in [3.63, 3.8) is 0 Å². The third kappa shape index (κ3) is 2.32. The summed E-state index contributed by atoms with van der Waals surface area (Å²) in [5.41, 5.74) is 8.37. The molecule has 0 saturated carbocycles. The minimum atomic E-state index is 0.326. The lowest BCUT2D eigenvalue weighted by Gasteiger charge is -2.20. The van der Waals surface area contributed by atoms with Gasteiger partial charge in [-0.25, -0.2) is 4.98 Å². The maximum Gasteiger partial charge on any atom is 0.223 e. The summed E-state index contributed by atoms with van der Waals surface area (Å²) in [4.78, 5) is 11.7. The van der Waals surface area contributed by atoms with E-state index in [1.165, 1.54) is 11.1 Å². The van der Waals surface area contributed by atoms with Gasteiger partial charge in [0.05, 0.1) is 5.39 Å². The van der Waals surface area contributed by atoms with Gasteiger partial charge in [-0.05, 0) is 29.5 Å². The Morgan fingerprint density at radius 1 is 1.20 bits per heavy atom. The number of benzene rings is 1. The molecule has 4 nitrogen and oxygen atoms in total. The summed E-state index contributed by atoms with van der Waals surface area (Å²) in [5.74, 6) is 1.21. The van der Waals surface area contributed by atoms with Gasteiger partial charge in [0.25, 0.3) is 0 Å². The van der Waals surface area contributed by atoms with Gasteiger partial charge >= 0.3 is 0 Å². The maximum atomic E-state index is 5.80. The zero-order chi connectivity index (χ0) is 14.1. The Kier molecular flexibility index (Phi) is 3.28. The molecule has 5 heteroatoms. The Balaban J connectivity index is 1.98. The molecule has 0 saturated heterocycles. The largest absolute Gasteiger partial charge is 0.368 e. The second-order valence-electron chi connectivity index (χ2n) is 4.83. The first-order valence-corrected chi connectivity index (χ1v) is 7.29. The van der Waals surface area contributed by atoms with E-state index in [1.54, 1.807) is 11.3 Å². The van der Waals surface area contributed by atoms with Gasteiger partial charge in [-0.15, -0.1) is 11.3 Å². The highest BCUT2D eigenvalue weighted by Gasteiger charge is 2.12. The van der Waals surface area contributed by atoms with E-state index in [2.05, 4.69) is 46.1 Å².